The molecule has 1 aromatic rings. The van der Waals surface area contributed by atoms with Crippen molar-refractivity contribution in [2.75, 3.05) is 0 Å². The molecule has 1 unspecified atom stereocenters. The van der Waals surface area contributed by atoms with Gasteiger partial charge in [0, 0.05) is 10.6 Å². The zero-order valence-corrected chi connectivity index (χ0v) is 13.2. The Morgan fingerprint density at radius 3 is 2.22 bits per heavy atom. The van der Waals surface area contributed by atoms with Gasteiger partial charge in [0.15, 0.2) is 0 Å². The van der Waals surface area contributed by atoms with Gasteiger partial charge in [-0.25, -0.2) is 0 Å². The van der Waals surface area contributed by atoms with Crippen LogP contribution in [0, 0.1) is 5.92 Å². The van der Waals surface area contributed by atoms with Gasteiger partial charge in [0.2, 0.25) is 0 Å². The van der Waals surface area contributed by atoms with Crippen molar-refractivity contribution in [2.45, 2.75) is 32.4 Å². The van der Waals surface area contributed by atoms with E-state index >= 15 is 0 Å². The van der Waals surface area contributed by atoms with Gasteiger partial charge in [0.05, 0.1) is 22.2 Å². The molecule has 0 saturated carbocycles. The molecule has 0 spiro atoms. The molecule has 18 heavy (non-hydrogen) atoms. The molecule has 0 heterocycles. The summed E-state index contributed by atoms with van der Waals surface area (Å²) < 4.78 is 0. The topological polar surface area (TPSA) is 46.2 Å². The molecule has 0 aliphatic heterocycles. The van der Waals surface area contributed by atoms with Gasteiger partial charge >= 0.3 is 0 Å². The lowest BCUT2D eigenvalue weighted by Crippen LogP contribution is -2.32. The van der Waals surface area contributed by atoms with Crippen LogP contribution in [-0.4, -0.2) is 11.2 Å². The van der Waals surface area contributed by atoms with E-state index in [9.17, 15) is 5.11 Å². The summed E-state index contributed by atoms with van der Waals surface area (Å²) in [6.07, 6.45) is 0.124. The van der Waals surface area contributed by atoms with Crippen molar-refractivity contribution in [3.05, 3.63) is 32.8 Å². The Morgan fingerprint density at radius 2 is 1.72 bits per heavy atom. The zero-order chi connectivity index (χ0) is 13.2. The molecule has 0 fully saturated rings. The normalized spacial score (nSPS) is 15.7. The molecule has 2 nitrogen and oxygen atoms in total. The molecule has 1 rings (SSSR count). The lowest BCUT2D eigenvalue weighted by atomic mass is 9.91. The van der Waals surface area contributed by atoms with Crippen LogP contribution in [0.25, 0.3) is 0 Å². The fraction of sp³-hybridized carbons (Fsp3) is 0.500. The van der Waals surface area contributed by atoms with Crippen LogP contribution in [0.1, 0.15) is 31.9 Å². The number of aliphatic hydroxyl groups is 1. The third-order valence-corrected chi connectivity index (χ3v) is 4.16. The van der Waals surface area contributed by atoms with Gasteiger partial charge in [0.25, 0.3) is 0 Å². The summed E-state index contributed by atoms with van der Waals surface area (Å²) >= 11 is 18.1. The number of benzene rings is 1. The maximum atomic E-state index is 10.1. The summed E-state index contributed by atoms with van der Waals surface area (Å²) in [4.78, 5) is 0. The Labute approximate surface area is 129 Å². The minimum Gasteiger partial charge on any atom is -0.391 e. The number of hydrogen-bond donors (Lipinski definition) is 2. The highest BCUT2D eigenvalue weighted by Crippen LogP contribution is 2.37. The van der Waals surface area contributed by atoms with Crippen LogP contribution in [0.15, 0.2) is 12.1 Å². The fourth-order valence-electron chi connectivity index (χ4n) is 1.61. The average Bonchev–Trinajstić information content (AvgIpc) is 2.32. The van der Waals surface area contributed by atoms with Gasteiger partial charge < -0.3 is 10.8 Å². The van der Waals surface area contributed by atoms with E-state index in [1.807, 2.05) is 13.8 Å². The molecule has 3 atom stereocenters. The van der Waals surface area contributed by atoms with Gasteiger partial charge in [-0.05, 0) is 18.1 Å². The van der Waals surface area contributed by atoms with E-state index in [1.165, 1.54) is 0 Å². The molecule has 0 radical (unpaired) electrons. The van der Waals surface area contributed by atoms with Gasteiger partial charge in [0.1, 0.15) is 0 Å². The molecular weight excluding hydrogens is 316 g/mol. The lowest BCUT2D eigenvalue weighted by molar-refractivity contribution is 0.0880. The van der Waals surface area contributed by atoms with E-state index in [-0.39, 0.29) is 18.3 Å². The molecule has 0 saturated heterocycles. The maximum Gasteiger partial charge on any atom is 0.0759 e. The Balaban J connectivity index is 0.00000289. The third kappa shape index (κ3) is 3.89. The van der Waals surface area contributed by atoms with Crippen LogP contribution in [0.4, 0.5) is 0 Å². The second kappa shape index (κ2) is 7.78. The van der Waals surface area contributed by atoms with E-state index in [1.54, 1.807) is 12.1 Å². The molecular formula is C12H17Cl4NO. The Hall–Kier alpha value is 0.300. The van der Waals surface area contributed by atoms with E-state index in [0.29, 0.717) is 20.6 Å². The summed E-state index contributed by atoms with van der Waals surface area (Å²) in [6, 6.07) is 2.61. The van der Waals surface area contributed by atoms with E-state index in [0.717, 1.165) is 6.42 Å². The summed E-state index contributed by atoms with van der Waals surface area (Å²) in [6.45, 7) is 3.92. The summed E-state index contributed by atoms with van der Waals surface area (Å²) in [5.41, 5.74) is 6.52. The summed E-state index contributed by atoms with van der Waals surface area (Å²) in [5, 5.41) is 11.2. The van der Waals surface area contributed by atoms with E-state index < -0.39 is 12.1 Å². The molecule has 0 aromatic heterocycles. The first-order valence-corrected chi connectivity index (χ1v) is 6.60. The quantitative estimate of drug-likeness (QED) is 0.799. The molecule has 0 amide bonds. The van der Waals surface area contributed by atoms with Crippen LogP contribution in [0.2, 0.25) is 15.1 Å². The first kappa shape index (κ1) is 18.3. The van der Waals surface area contributed by atoms with Crippen molar-refractivity contribution in [1.29, 1.82) is 0 Å². The maximum absolute atomic E-state index is 10.1. The van der Waals surface area contributed by atoms with Crippen LogP contribution < -0.4 is 5.73 Å². The molecule has 0 bridgehead atoms. The third-order valence-electron chi connectivity index (χ3n) is 3.01. The Morgan fingerprint density at radius 1 is 1.22 bits per heavy atom. The van der Waals surface area contributed by atoms with Crippen LogP contribution in [0.5, 0.6) is 0 Å². The van der Waals surface area contributed by atoms with Crippen LogP contribution in [0.3, 0.4) is 0 Å². The SMILES string of the molecule is CCC(C)[C@@H](O)[C@@H](N)c1c(Cl)ccc(Cl)c1Cl.Cl. The first-order valence-electron chi connectivity index (χ1n) is 5.47. The fourth-order valence-corrected chi connectivity index (χ4v) is 2.40. The number of nitrogens with two attached hydrogens (primary N) is 1. The van der Waals surface area contributed by atoms with Gasteiger partial charge in [-0.1, -0.05) is 55.1 Å². The number of aliphatic hydroxyl groups excluding tert-OH is 1. The standard InChI is InChI=1S/C12H16Cl3NO.ClH/c1-3-6(2)12(17)11(16)9-7(13)4-5-8(14)10(9)15;/h4-6,11-12,17H,3,16H2,1-2H3;1H/t6?,11-,12+;/m0./s1. The highest BCUT2D eigenvalue weighted by molar-refractivity contribution is 6.44. The van der Waals surface area contributed by atoms with Gasteiger partial charge in [-0.15, -0.1) is 12.4 Å². The Kier molecular flexibility index (Phi) is 7.91. The van der Waals surface area contributed by atoms with Crippen LogP contribution in [-0.2, 0) is 0 Å². The number of halogens is 4. The second-order valence-electron chi connectivity index (χ2n) is 4.16. The zero-order valence-electron chi connectivity index (χ0n) is 10.2. The molecule has 0 aliphatic rings. The predicted octanol–water partition coefficient (Wildman–Crippen LogP) is 4.48. The number of rotatable bonds is 4. The molecule has 1 aromatic carbocycles. The minimum absolute atomic E-state index is 0. The summed E-state index contributed by atoms with van der Waals surface area (Å²) in [5.74, 6) is 0.0658. The molecule has 3 N–H and O–H groups in total. The smallest absolute Gasteiger partial charge is 0.0759 e. The van der Waals surface area contributed by atoms with Crippen LogP contribution >= 0.6 is 47.2 Å². The van der Waals surface area contributed by atoms with Crippen molar-refractivity contribution in [1.82, 2.24) is 0 Å². The number of hydrogen-bond acceptors (Lipinski definition) is 2. The predicted molar refractivity (Wildman–Crippen MR) is 81.1 cm³/mol. The van der Waals surface area contributed by atoms with Crippen molar-refractivity contribution in [3.8, 4) is 0 Å². The molecule has 6 heteroatoms. The largest absolute Gasteiger partial charge is 0.391 e. The summed E-state index contributed by atoms with van der Waals surface area (Å²) in [7, 11) is 0. The highest BCUT2D eigenvalue weighted by Gasteiger charge is 2.26. The minimum atomic E-state index is -0.700. The highest BCUT2D eigenvalue weighted by atomic mass is 35.5. The Bertz CT molecular complexity index is 400. The monoisotopic (exact) mass is 331 g/mol. The lowest BCUT2D eigenvalue weighted by Gasteiger charge is -2.25. The average molecular weight is 333 g/mol. The van der Waals surface area contributed by atoms with E-state index in [2.05, 4.69) is 0 Å². The van der Waals surface area contributed by atoms with Gasteiger partial charge in [-0.3, -0.25) is 0 Å². The molecule has 0 aliphatic carbocycles. The van der Waals surface area contributed by atoms with Crippen molar-refractivity contribution in [2.24, 2.45) is 11.7 Å². The second-order valence-corrected chi connectivity index (χ2v) is 5.35. The van der Waals surface area contributed by atoms with E-state index in [4.69, 9.17) is 40.5 Å². The van der Waals surface area contributed by atoms with Crippen molar-refractivity contribution in [3.63, 3.8) is 0 Å². The first-order chi connectivity index (χ1) is 7.90. The molecule has 104 valence electrons. The van der Waals surface area contributed by atoms with Crippen molar-refractivity contribution < 1.29 is 5.11 Å². The van der Waals surface area contributed by atoms with Crippen molar-refractivity contribution >= 4 is 47.2 Å². The van der Waals surface area contributed by atoms with Gasteiger partial charge in [-0.2, -0.15) is 0 Å².